The Labute approximate surface area is 250 Å². The van der Waals surface area contributed by atoms with Gasteiger partial charge in [0.15, 0.2) is 29.3 Å². The van der Waals surface area contributed by atoms with Crippen molar-refractivity contribution in [2.75, 3.05) is 40.5 Å². The van der Waals surface area contributed by atoms with E-state index in [1.807, 2.05) is 20.8 Å². The Morgan fingerprint density at radius 3 is 2.44 bits per heavy atom. The van der Waals surface area contributed by atoms with Crippen LogP contribution < -0.4 is 19.3 Å². The molecule has 2 unspecified atom stereocenters. The number of methoxy groups -OCH3 is 2. The maximum Gasteiger partial charge on any atom is 0.344 e. The number of halogens is 2. The number of ether oxygens (including phenoxy) is 3. The molecule has 4 atom stereocenters. The van der Waals surface area contributed by atoms with E-state index in [4.69, 9.17) is 37.4 Å². The first-order valence-electron chi connectivity index (χ1n) is 13.4. The van der Waals surface area contributed by atoms with E-state index < -0.39 is 34.7 Å². The van der Waals surface area contributed by atoms with Gasteiger partial charge in [-0.05, 0) is 25.1 Å². The highest BCUT2D eigenvalue weighted by Gasteiger charge is 2.65. The van der Waals surface area contributed by atoms with Gasteiger partial charge in [-0.15, -0.1) is 0 Å². The molecule has 41 heavy (non-hydrogen) atoms. The number of fused-ring (bicyclic) bond motifs is 1. The number of carbonyl (C=O) groups is 3. The summed E-state index contributed by atoms with van der Waals surface area (Å²) in [6, 6.07) is 7.70. The molecular formula is C30H37Cl2N2O7+. The third-order valence-corrected chi connectivity index (χ3v) is 8.78. The lowest BCUT2D eigenvalue weighted by Crippen LogP contribution is -2.75. The molecule has 11 heteroatoms. The van der Waals surface area contributed by atoms with Crippen molar-refractivity contribution >= 4 is 46.5 Å². The number of benzene rings is 2. The lowest BCUT2D eigenvalue weighted by Gasteiger charge is -2.51. The molecule has 222 valence electrons. The topological polar surface area (TPSA) is 111 Å². The summed E-state index contributed by atoms with van der Waals surface area (Å²) in [5.74, 6) is -1.38. The highest BCUT2D eigenvalue weighted by molar-refractivity contribution is 6.33. The van der Waals surface area contributed by atoms with Crippen molar-refractivity contribution in [3.05, 3.63) is 51.5 Å². The highest BCUT2D eigenvalue weighted by Crippen LogP contribution is 2.51. The molecule has 1 fully saturated rings. The first-order valence-corrected chi connectivity index (χ1v) is 14.2. The van der Waals surface area contributed by atoms with Gasteiger partial charge >= 0.3 is 11.9 Å². The average molecular weight is 609 g/mol. The predicted octanol–water partition coefficient (Wildman–Crippen LogP) is 5.03. The van der Waals surface area contributed by atoms with E-state index in [2.05, 4.69) is 5.32 Å². The van der Waals surface area contributed by atoms with Gasteiger partial charge < -0.3 is 24.6 Å². The van der Waals surface area contributed by atoms with Crippen LogP contribution in [-0.2, 0) is 19.1 Å². The number of amides is 1. The second-order valence-corrected chi connectivity index (χ2v) is 12.7. The Morgan fingerprint density at radius 2 is 1.85 bits per heavy atom. The van der Waals surface area contributed by atoms with Gasteiger partial charge in [0.1, 0.15) is 17.8 Å². The Hall–Kier alpha value is -2.69. The number of carboxylic acid groups (broad SMARTS) is 1. The summed E-state index contributed by atoms with van der Waals surface area (Å²) in [4.78, 5) is 40.9. The Kier molecular flexibility index (Phi) is 8.79. The highest BCUT2D eigenvalue weighted by atomic mass is 35.5. The molecule has 0 aliphatic carbocycles. The molecule has 1 amide bonds. The van der Waals surface area contributed by atoms with E-state index >= 15 is 0 Å². The molecule has 4 rings (SSSR count). The smallest absolute Gasteiger partial charge is 0.344 e. The lowest BCUT2D eigenvalue weighted by molar-refractivity contribution is -0.164. The third-order valence-electron chi connectivity index (χ3n) is 8.15. The van der Waals surface area contributed by atoms with Crippen LogP contribution in [0.1, 0.15) is 51.3 Å². The van der Waals surface area contributed by atoms with E-state index in [1.54, 1.807) is 30.3 Å². The van der Waals surface area contributed by atoms with Crippen LogP contribution in [0.3, 0.4) is 0 Å². The summed E-state index contributed by atoms with van der Waals surface area (Å²) < 4.78 is 16.9. The molecule has 0 aromatic heterocycles. The Balaban J connectivity index is 2.09. The second-order valence-electron chi connectivity index (χ2n) is 11.9. The zero-order valence-corrected chi connectivity index (χ0v) is 25.7. The SMILES string of the molecule is COc1ccc(C2OCC(=O)[N+](CC(C)(C)C)([C@@H]3CCNC[C@@]3(C(C)=O)C(=O)O)c3ccc(Cl)cc32)c(Cl)c1OC. The summed E-state index contributed by atoms with van der Waals surface area (Å²) in [5.41, 5.74) is -0.696. The van der Waals surface area contributed by atoms with Crippen LogP contribution in [0.25, 0.3) is 0 Å². The van der Waals surface area contributed by atoms with E-state index in [0.29, 0.717) is 39.9 Å². The molecule has 2 aromatic carbocycles. The average Bonchev–Trinajstić information content (AvgIpc) is 3.01. The maximum atomic E-state index is 14.6. The summed E-state index contributed by atoms with van der Waals surface area (Å²) in [5, 5.41) is 14.4. The quantitative estimate of drug-likeness (QED) is 0.333. The van der Waals surface area contributed by atoms with E-state index in [1.165, 1.54) is 21.1 Å². The molecule has 2 aliphatic rings. The van der Waals surface area contributed by atoms with Crippen LogP contribution in [0.4, 0.5) is 5.69 Å². The van der Waals surface area contributed by atoms with Crippen molar-refractivity contribution in [2.24, 2.45) is 10.8 Å². The largest absolute Gasteiger partial charge is 0.493 e. The van der Waals surface area contributed by atoms with Crippen LogP contribution in [0.5, 0.6) is 11.5 Å². The zero-order valence-electron chi connectivity index (χ0n) is 24.2. The summed E-state index contributed by atoms with van der Waals surface area (Å²) in [7, 11) is 2.98. The number of ketones is 1. The van der Waals surface area contributed by atoms with Gasteiger partial charge in [0.25, 0.3) is 0 Å². The standard InChI is InChI=1S/C30H36Cl2N2O7/c1-17(35)30(28(37)38)15-33-12-11-23(30)34(16-29(2,3)4)21-9-7-18(31)13-20(21)26(41-14-24(34)36)19-8-10-22(39-5)27(40-6)25(19)32/h7-10,13,23,26,33H,11-12,14-16H2,1-6H3/p+1/t23-,26?,30+,34?/m1/s1. The normalized spacial score (nSPS) is 26.6. The number of carbonyl (C=O) groups excluding carboxylic acids is 2. The van der Waals surface area contributed by atoms with Crippen molar-refractivity contribution in [1.29, 1.82) is 0 Å². The fourth-order valence-corrected chi connectivity index (χ4v) is 7.06. The van der Waals surface area contributed by atoms with Crippen LogP contribution in [-0.4, -0.2) is 69.3 Å². The molecular weight excluding hydrogens is 571 g/mol. The number of hydrogen-bond acceptors (Lipinski definition) is 7. The van der Waals surface area contributed by atoms with Gasteiger partial charge in [-0.25, -0.2) is 9.28 Å². The number of rotatable bonds is 7. The number of nitrogens with one attached hydrogen (secondary N) is 1. The van der Waals surface area contributed by atoms with Gasteiger partial charge in [0, 0.05) is 47.1 Å². The first-order chi connectivity index (χ1) is 19.2. The molecule has 2 aromatic rings. The predicted molar refractivity (Wildman–Crippen MR) is 157 cm³/mol. The van der Waals surface area contributed by atoms with Gasteiger partial charge in [0.2, 0.25) is 0 Å². The van der Waals surface area contributed by atoms with Gasteiger partial charge in [-0.3, -0.25) is 9.59 Å². The van der Waals surface area contributed by atoms with Crippen molar-refractivity contribution in [3.63, 3.8) is 0 Å². The monoisotopic (exact) mass is 607 g/mol. The Bertz CT molecular complexity index is 1360. The number of quaternary nitrogens is 1. The first kappa shape index (κ1) is 31.3. The van der Waals surface area contributed by atoms with E-state index in [9.17, 15) is 19.5 Å². The van der Waals surface area contributed by atoms with Crippen LogP contribution in [0, 0.1) is 10.8 Å². The van der Waals surface area contributed by atoms with Crippen LogP contribution in [0.2, 0.25) is 10.0 Å². The second kappa shape index (κ2) is 11.5. The fourth-order valence-electron chi connectivity index (χ4n) is 6.54. The number of hydrogen-bond donors (Lipinski definition) is 2. The number of carboxylic acids is 1. The molecule has 2 heterocycles. The van der Waals surface area contributed by atoms with Gasteiger partial charge in [0.05, 0.1) is 25.8 Å². The van der Waals surface area contributed by atoms with Gasteiger partial charge in [-0.1, -0.05) is 50.0 Å². The van der Waals surface area contributed by atoms with E-state index in [0.717, 1.165) is 0 Å². The summed E-state index contributed by atoms with van der Waals surface area (Å²) in [6.07, 6.45) is -0.574. The minimum absolute atomic E-state index is 0.0888. The van der Waals surface area contributed by atoms with Crippen LogP contribution in [0.15, 0.2) is 30.3 Å². The third kappa shape index (κ3) is 5.23. The number of Topliss-reactive ketones (excluding diaryl/α,β-unsaturated/α-hetero) is 1. The molecule has 9 nitrogen and oxygen atoms in total. The minimum Gasteiger partial charge on any atom is -0.493 e. The van der Waals surface area contributed by atoms with Crippen molar-refractivity contribution in [1.82, 2.24) is 9.80 Å². The molecule has 1 saturated heterocycles. The fraction of sp³-hybridized carbons (Fsp3) is 0.500. The van der Waals surface area contributed by atoms with Crippen molar-refractivity contribution < 1.29 is 33.7 Å². The molecule has 0 radical (unpaired) electrons. The number of nitrogens with zero attached hydrogens (tertiary/aromatic N) is 1. The lowest BCUT2D eigenvalue weighted by atomic mass is 9.70. The summed E-state index contributed by atoms with van der Waals surface area (Å²) >= 11 is 13.4. The summed E-state index contributed by atoms with van der Waals surface area (Å²) in [6.45, 7) is 7.48. The van der Waals surface area contributed by atoms with E-state index in [-0.39, 0.29) is 41.5 Å². The molecule has 0 saturated carbocycles. The van der Waals surface area contributed by atoms with Crippen LogP contribution >= 0.6 is 23.2 Å². The minimum atomic E-state index is -1.85. The molecule has 2 N–H and O–H groups in total. The maximum absolute atomic E-state index is 14.6. The molecule has 2 aliphatic heterocycles. The van der Waals surface area contributed by atoms with Gasteiger partial charge in [-0.2, -0.15) is 0 Å². The zero-order chi connectivity index (χ0) is 30.3. The number of piperidine rings is 1. The molecule has 0 bridgehead atoms. The van der Waals surface area contributed by atoms with Crippen molar-refractivity contribution in [2.45, 2.75) is 46.3 Å². The number of aliphatic carboxylic acids is 1. The Morgan fingerprint density at radius 1 is 1.15 bits per heavy atom. The van der Waals surface area contributed by atoms with Crippen molar-refractivity contribution in [3.8, 4) is 11.5 Å². The molecule has 0 spiro atoms.